The highest BCUT2D eigenvalue weighted by atomic mass is 31.2. The van der Waals surface area contributed by atoms with E-state index in [1.165, 1.54) is 4.90 Å². The quantitative estimate of drug-likeness (QED) is 0.136. The van der Waals surface area contributed by atoms with Gasteiger partial charge >= 0.3 is 6.09 Å². The second kappa shape index (κ2) is 15.1. The Balaban J connectivity index is 1.34. The zero-order chi connectivity index (χ0) is 38.1. The lowest BCUT2D eigenvalue weighted by atomic mass is 9.85. The minimum atomic E-state index is -3.82. The van der Waals surface area contributed by atoms with Gasteiger partial charge in [-0.2, -0.15) is 0 Å². The smallest absolute Gasteiger partial charge is 0.408 e. The fourth-order valence-corrected chi connectivity index (χ4v) is 9.56. The van der Waals surface area contributed by atoms with Crippen LogP contribution < -0.4 is 20.1 Å². The molecule has 0 bridgehead atoms. The molecule has 2 unspecified atom stereocenters. The summed E-state index contributed by atoms with van der Waals surface area (Å²) in [7, 11) is -2.24. The maximum Gasteiger partial charge on any atom is 0.408 e. The summed E-state index contributed by atoms with van der Waals surface area (Å²) in [4.78, 5) is 59.4. The van der Waals surface area contributed by atoms with Crippen molar-refractivity contribution in [1.82, 2.24) is 20.5 Å². The molecule has 3 N–H and O–H groups in total. The van der Waals surface area contributed by atoms with Crippen molar-refractivity contribution >= 4 is 36.2 Å². The van der Waals surface area contributed by atoms with Crippen LogP contribution in [0.15, 0.2) is 67.3 Å². The minimum Gasteiger partial charge on any atom is -0.497 e. The normalized spacial score (nSPS) is 24.6. The number of fused-ring (bicyclic) bond motifs is 1. The number of aromatic nitrogens is 1. The first-order valence-corrected chi connectivity index (χ1v) is 20.3. The molecule has 284 valence electrons. The first-order chi connectivity index (χ1) is 25.2. The standard InChI is InChI=1S/C40H51N4O8P/c1-7-26-23-40(26,53(48,49)8-2)43-36(45)33-21-29(24-44(33)37(46)35(39(3,4)5)42-38(47)52-27-16-12-13-17-27)51-34-22-31(25-14-10-9-11-15-25)41-32-20-28(50-6)18-19-30(32)34/h7,9-11,14-15,18-20,22,26-27,29,33,35H,1,8,12-13,16-17,21,23-24H2,2-6H3,(H,42,47)(H,43,45)(H,48,49)/t26-,29-,33+,35?,40+/m1/s1. The van der Waals surface area contributed by atoms with Gasteiger partial charge in [-0.3, -0.25) is 14.2 Å². The van der Waals surface area contributed by atoms with Crippen LogP contribution in [0.5, 0.6) is 11.5 Å². The van der Waals surface area contributed by atoms with E-state index in [0.717, 1.165) is 36.6 Å². The summed E-state index contributed by atoms with van der Waals surface area (Å²) in [5.41, 5.74) is 1.43. The van der Waals surface area contributed by atoms with Gasteiger partial charge in [0.2, 0.25) is 19.2 Å². The Kier molecular flexibility index (Phi) is 10.9. The van der Waals surface area contributed by atoms with E-state index in [1.807, 2.05) is 75.4 Å². The summed E-state index contributed by atoms with van der Waals surface area (Å²) < 4.78 is 31.3. The Morgan fingerprint density at radius 1 is 1.11 bits per heavy atom. The number of amides is 3. The van der Waals surface area contributed by atoms with E-state index in [9.17, 15) is 23.8 Å². The van der Waals surface area contributed by atoms with Crippen molar-refractivity contribution in [2.24, 2.45) is 11.3 Å². The Morgan fingerprint density at radius 2 is 1.83 bits per heavy atom. The molecular weight excluding hydrogens is 695 g/mol. The highest BCUT2D eigenvalue weighted by Gasteiger charge is 2.65. The number of methoxy groups -OCH3 is 1. The highest BCUT2D eigenvalue weighted by molar-refractivity contribution is 7.60. The SMILES string of the molecule is C=C[C@@H]1C[C@]1(NC(=O)[C@@H]1C[C@@H](Oc2cc(-c3ccccc3)nc3cc(OC)ccc23)CN1C(=O)C(NC(=O)OC1CCCC1)C(C)(C)C)P(=O)(O)CC. The van der Waals surface area contributed by atoms with Gasteiger partial charge in [-0.1, -0.05) is 64.1 Å². The molecule has 12 nitrogen and oxygen atoms in total. The summed E-state index contributed by atoms with van der Waals surface area (Å²) in [5, 5.41) is 5.08. The summed E-state index contributed by atoms with van der Waals surface area (Å²) in [5.74, 6) is -0.286. The van der Waals surface area contributed by atoms with E-state index >= 15 is 0 Å². The molecule has 3 amide bonds. The van der Waals surface area contributed by atoms with Crippen LogP contribution in [0.3, 0.4) is 0 Å². The van der Waals surface area contributed by atoms with Crippen LogP contribution in [0, 0.1) is 11.3 Å². The zero-order valence-corrected chi connectivity index (χ0v) is 32.1. The molecule has 3 aromatic rings. The fraction of sp³-hybridized carbons (Fsp3) is 0.500. The molecule has 1 aromatic heterocycles. The van der Waals surface area contributed by atoms with Crippen molar-refractivity contribution < 1.29 is 38.1 Å². The van der Waals surface area contributed by atoms with E-state index in [-0.39, 0.29) is 37.6 Å². The van der Waals surface area contributed by atoms with Crippen molar-refractivity contribution in [1.29, 1.82) is 0 Å². The summed E-state index contributed by atoms with van der Waals surface area (Å²) in [6.45, 7) is 11.0. The van der Waals surface area contributed by atoms with E-state index in [4.69, 9.17) is 19.2 Å². The molecule has 3 aliphatic rings. The molecule has 13 heteroatoms. The number of alkyl carbamates (subject to hydrolysis) is 1. The molecule has 0 spiro atoms. The molecule has 1 saturated heterocycles. The molecule has 3 fully saturated rings. The van der Waals surface area contributed by atoms with Gasteiger partial charge in [-0.15, -0.1) is 6.58 Å². The largest absolute Gasteiger partial charge is 0.497 e. The number of pyridine rings is 1. The first kappa shape index (κ1) is 38.3. The lowest BCUT2D eigenvalue weighted by Gasteiger charge is -2.35. The van der Waals surface area contributed by atoms with Crippen LogP contribution >= 0.6 is 7.37 Å². The molecule has 6 rings (SSSR count). The second-order valence-corrected chi connectivity index (χ2v) is 18.3. The molecule has 0 radical (unpaired) electrons. The van der Waals surface area contributed by atoms with Crippen LogP contribution in [0.25, 0.3) is 22.2 Å². The first-order valence-electron chi connectivity index (χ1n) is 18.4. The molecule has 2 aromatic carbocycles. The predicted molar refractivity (Wildman–Crippen MR) is 203 cm³/mol. The molecule has 1 aliphatic heterocycles. The van der Waals surface area contributed by atoms with Crippen LogP contribution in [0.1, 0.15) is 66.2 Å². The molecular formula is C40H51N4O8P. The molecule has 2 saturated carbocycles. The van der Waals surface area contributed by atoms with Crippen molar-refractivity contribution in [2.45, 2.75) is 95.8 Å². The Bertz CT molecular complexity index is 1910. The number of rotatable bonds is 12. The number of carbonyl (C=O) groups is 3. The van der Waals surface area contributed by atoms with Crippen molar-refractivity contribution in [3.8, 4) is 22.8 Å². The van der Waals surface area contributed by atoms with Gasteiger partial charge < -0.3 is 34.6 Å². The summed E-state index contributed by atoms with van der Waals surface area (Å²) in [6, 6.07) is 14.9. The minimum absolute atomic E-state index is 0.0198. The van der Waals surface area contributed by atoms with Gasteiger partial charge in [-0.25, -0.2) is 9.78 Å². The van der Waals surface area contributed by atoms with Gasteiger partial charge in [0.05, 0.1) is 24.9 Å². The third-order valence-electron chi connectivity index (χ3n) is 10.8. The van der Waals surface area contributed by atoms with Gasteiger partial charge in [0, 0.05) is 41.6 Å². The van der Waals surface area contributed by atoms with Crippen molar-refractivity contribution in [3.63, 3.8) is 0 Å². The van der Waals surface area contributed by atoms with Crippen molar-refractivity contribution in [3.05, 3.63) is 67.3 Å². The fourth-order valence-electron chi connectivity index (χ4n) is 7.60. The van der Waals surface area contributed by atoms with Crippen LogP contribution in [0.2, 0.25) is 0 Å². The Hall–Kier alpha value is -4.41. The molecule has 2 heterocycles. The Labute approximate surface area is 311 Å². The van der Waals surface area contributed by atoms with Crippen molar-refractivity contribution in [2.75, 3.05) is 19.8 Å². The average Bonchev–Trinajstić information content (AvgIpc) is 3.40. The predicted octanol–water partition coefficient (Wildman–Crippen LogP) is 6.65. The summed E-state index contributed by atoms with van der Waals surface area (Å²) in [6.07, 6.45) is 3.90. The number of nitrogens with one attached hydrogen (secondary N) is 2. The number of likely N-dealkylation sites (tertiary alicyclic amines) is 1. The van der Waals surface area contributed by atoms with Crippen LogP contribution in [-0.4, -0.2) is 82.1 Å². The topological polar surface area (TPSA) is 156 Å². The molecule has 2 aliphatic carbocycles. The number of nitrogens with zero attached hydrogens (tertiary/aromatic N) is 2. The number of carbonyl (C=O) groups excluding carboxylic acids is 3. The van der Waals surface area contributed by atoms with E-state index in [1.54, 1.807) is 20.1 Å². The van der Waals surface area contributed by atoms with E-state index < -0.39 is 54.2 Å². The van der Waals surface area contributed by atoms with Gasteiger partial charge in [0.25, 0.3) is 0 Å². The van der Waals surface area contributed by atoms with Gasteiger partial charge in [0.15, 0.2) is 0 Å². The maximum atomic E-state index is 14.6. The van der Waals surface area contributed by atoms with E-state index in [2.05, 4.69) is 17.2 Å². The average molecular weight is 747 g/mol. The maximum absolute atomic E-state index is 14.6. The lowest BCUT2D eigenvalue weighted by Crippen LogP contribution is -2.58. The third-order valence-corrected chi connectivity index (χ3v) is 13.5. The molecule has 6 atom stereocenters. The monoisotopic (exact) mass is 746 g/mol. The number of benzene rings is 2. The number of ether oxygens (including phenoxy) is 3. The number of hydrogen-bond acceptors (Lipinski definition) is 8. The van der Waals surface area contributed by atoms with Crippen LogP contribution in [-0.2, 0) is 18.9 Å². The molecule has 53 heavy (non-hydrogen) atoms. The van der Waals surface area contributed by atoms with Crippen LogP contribution in [0.4, 0.5) is 4.79 Å². The third kappa shape index (κ3) is 7.94. The van der Waals surface area contributed by atoms with Gasteiger partial charge in [0.1, 0.15) is 41.1 Å². The zero-order valence-electron chi connectivity index (χ0n) is 31.2. The summed E-state index contributed by atoms with van der Waals surface area (Å²) >= 11 is 0. The Morgan fingerprint density at radius 3 is 2.45 bits per heavy atom. The van der Waals surface area contributed by atoms with E-state index in [0.29, 0.717) is 22.7 Å². The lowest BCUT2D eigenvalue weighted by molar-refractivity contribution is -0.142. The highest BCUT2D eigenvalue weighted by Crippen LogP contribution is 2.69. The number of hydrogen-bond donors (Lipinski definition) is 3. The van der Waals surface area contributed by atoms with Gasteiger partial charge in [-0.05, 0) is 49.7 Å². The second-order valence-electron chi connectivity index (χ2n) is 15.5.